The molecule has 1 aromatic rings. The second kappa shape index (κ2) is 6.15. The number of hydrogen-bond acceptors (Lipinski definition) is 3. The molecule has 3 heteroatoms. The van der Waals surface area contributed by atoms with Gasteiger partial charge in [0, 0.05) is 6.04 Å². The van der Waals surface area contributed by atoms with Gasteiger partial charge in [-0.3, -0.25) is 4.90 Å². The van der Waals surface area contributed by atoms with Gasteiger partial charge in [-0.25, -0.2) is 0 Å². The Balaban J connectivity index is 1.69. The Labute approximate surface area is 122 Å². The first-order valence-electron chi connectivity index (χ1n) is 7.87. The van der Waals surface area contributed by atoms with Crippen LogP contribution in [-0.4, -0.2) is 38.7 Å². The molecule has 3 rings (SSSR count). The van der Waals surface area contributed by atoms with Gasteiger partial charge < -0.3 is 10.1 Å². The van der Waals surface area contributed by atoms with E-state index in [1.54, 1.807) is 7.11 Å². The summed E-state index contributed by atoms with van der Waals surface area (Å²) in [4.78, 5) is 2.69. The highest BCUT2D eigenvalue weighted by atomic mass is 16.5. The van der Waals surface area contributed by atoms with Gasteiger partial charge >= 0.3 is 0 Å². The Kier molecular flexibility index (Phi) is 4.27. The number of benzene rings is 1. The van der Waals surface area contributed by atoms with Crippen LogP contribution in [0.3, 0.4) is 0 Å². The summed E-state index contributed by atoms with van der Waals surface area (Å²) in [5, 5.41) is 3.32. The molecule has 1 aromatic carbocycles. The van der Waals surface area contributed by atoms with Gasteiger partial charge in [0.1, 0.15) is 5.75 Å². The van der Waals surface area contributed by atoms with Gasteiger partial charge in [-0.2, -0.15) is 0 Å². The Hall–Kier alpha value is -1.06. The highest BCUT2D eigenvalue weighted by Gasteiger charge is 2.30. The average Bonchev–Trinajstić information content (AvgIpc) is 2.91. The fourth-order valence-electron chi connectivity index (χ4n) is 3.82. The van der Waals surface area contributed by atoms with E-state index in [-0.39, 0.29) is 0 Å². The molecule has 0 aromatic heterocycles. The number of piperidine rings is 1. The molecular weight excluding hydrogens is 248 g/mol. The summed E-state index contributed by atoms with van der Waals surface area (Å²) in [6.45, 7) is 3.66. The summed E-state index contributed by atoms with van der Waals surface area (Å²) in [6.07, 6.45) is 5.16. The lowest BCUT2D eigenvalue weighted by Gasteiger charge is -2.36. The van der Waals surface area contributed by atoms with E-state index in [9.17, 15) is 0 Å². The predicted octanol–water partition coefficient (Wildman–Crippen LogP) is 2.61. The van der Waals surface area contributed by atoms with Crippen molar-refractivity contribution in [3.05, 3.63) is 29.3 Å². The van der Waals surface area contributed by atoms with Gasteiger partial charge in [-0.1, -0.05) is 6.07 Å². The van der Waals surface area contributed by atoms with Crippen molar-refractivity contribution in [2.75, 3.05) is 33.8 Å². The van der Waals surface area contributed by atoms with Crippen molar-refractivity contribution >= 4 is 0 Å². The molecule has 1 N–H and O–H groups in total. The molecule has 0 spiro atoms. The molecule has 1 unspecified atom stereocenters. The number of rotatable bonds is 4. The minimum absolute atomic E-state index is 0.621. The van der Waals surface area contributed by atoms with Crippen LogP contribution >= 0.6 is 0 Å². The first kappa shape index (κ1) is 13.9. The zero-order valence-corrected chi connectivity index (χ0v) is 12.7. The van der Waals surface area contributed by atoms with E-state index in [4.69, 9.17) is 4.74 Å². The Morgan fingerprint density at radius 3 is 2.75 bits per heavy atom. The van der Waals surface area contributed by atoms with Crippen LogP contribution in [0.2, 0.25) is 0 Å². The Morgan fingerprint density at radius 1 is 1.25 bits per heavy atom. The lowest BCUT2D eigenvalue weighted by molar-refractivity contribution is 0.132. The van der Waals surface area contributed by atoms with Crippen LogP contribution in [0.1, 0.15) is 36.4 Å². The second-order valence-electron chi connectivity index (χ2n) is 6.16. The zero-order chi connectivity index (χ0) is 13.9. The minimum atomic E-state index is 0.621. The molecular formula is C17H26N2O. The summed E-state index contributed by atoms with van der Waals surface area (Å²) in [6, 6.07) is 7.23. The number of fused-ring (bicyclic) bond motifs is 1. The molecule has 2 aliphatic rings. The molecule has 0 radical (unpaired) electrons. The third kappa shape index (κ3) is 2.70. The van der Waals surface area contributed by atoms with Gasteiger partial charge in [0.15, 0.2) is 0 Å². The van der Waals surface area contributed by atoms with Crippen molar-refractivity contribution in [1.29, 1.82) is 0 Å². The molecule has 1 atom stereocenters. The van der Waals surface area contributed by atoms with Crippen LogP contribution in [0.25, 0.3) is 0 Å². The summed E-state index contributed by atoms with van der Waals surface area (Å²) in [5.74, 6) is 1.86. The van der Waals surface area contributed by atoms with E-state index in [0.717, 1.165) is 11.7 Å². The average molecular weight is 274 g/mol. The number of likely N-dealkylation sites (tertiary alicyclic amines) is 1. The SMILES string of the molecule is CNCC1CCN(C2CCc3ccc(OC)cc32)CC1. The number of nitrogens with one attached hydrogen (secondary N) is 1. The van der Waals surface area contributed by atoms with Crippen molar-refractivity contribution < 1.29 is 4.74 Å². The van der Waals surface area contributed by atoms with Crippen LogP contribution in [0.4, 0.5) is 0 Å². The van der Waals surface area contributed by atoms with Crippen molar-refractivity contribution in [3.63, 3.8) is 0 Å². The fourth-order valence-corrected chi connectivity index (χ4v) is 3.82. The van der Waals surface area contributed by atoms with E-state index < -0.39 is 0 Å². The van der Waals surface area contributed by atoms with Crippen LogP contribution in [0, 0.1) is 5.92 Å². The normalized spacial score (nSPS) is 23.8. The minimum Gasteiger partial charge on any atom is -0.497 e. The quantitative estimate of drug-likeness (QED) is 0.913. The Bertz CT molecular complexity index is 452. The first-order valence-corrected chi connectivity index (χ1v) is 7.87. The third-order valence-electron chi connectivity index (χ3n) is 4.98. The van der Waals surface area contributed by atoms with Gasteiger partial charge in [-0.05, 0) is 81.5 Å². The molecule has 110 valence electrons. The predicted molar refractivity (Wildman–Crippen MR) is 82.3 cm³/mol. The zero-order valence-electron chi connectivity index (χ0n) is 12.7. The van der Waals surface area contributed by atoms with Crippen LogP contribution in [0.15, 0.2) is 18.2 Å². The highest BCUT2D eigenvalue weighted by molar-refractivity contribution is 5.40. The molecule has 1 fully saturated rings. The second-order valence-corrected chi connectivity index (χ2v) is 6.16. The van der Waals surface area contributed by atoms with Gasteiger partial charge in [0.2, 0.25) is 0 Å². The van der Waals surface area contributed by atoms with Gasteiger partial charge in [-0.15, -0.1) is 0 Å². The van der Waals surface area contributed by atoms with Crippen molar-refractivity contribution in [3.8, 4) is 5.75 Å². The first-order chi connectivity index (χ1) is 9.81. The molecule has 1 heterocycles. The number of ether oxygens (including phenoxy) is 1. The van der Waals surface area contributed by atoms with E-state index in [2.05, 4.69) is 35.5 Å². The summed E-state index contributed by atoms with van der Waals surface area (Å²) in [7, 11) is 3.82. The lowest BCUT2D eigenvalue weighted by Crippen LogP contribution is -2.38. The van der Waals surface area contributed by atoms with E-state index in [0.29, 0.717) is 6.04 Å². The van der Waals surface area contributed by atoms with Gasteiger partial charge in [0.05, 0.1) is 7.11 Å². The third-order valence-corrected chi connectivity index (χ3v) is 4.98. The van der Waals surface area contributed by atoms with Crippen molar-refractivity contribution in [2.45, 2.75) is 31.7 Å². The molecule has 3 nitrogen and oxygen atoms in total. The smallest absolute Gasteiger partial charge is 0.119 e. The van der Waals surface area contributed by atoms with Crippen molar-refractivity contribution in [1.82, 2.24) is 10.2 Å². The standard InChI is InChI=1S/C17H26N2O/c1-18-12-13-7-9-19(10-8-13)17-6-4-14-3-5-15(20-2)11-16(14)17/h3,5,11,13,17-18H,4,6-10,12H2,1-2H3. The number of hydrogen-bond donors (Lipinski definition) is 1. The van der Waals surface area contributed by atoms with Crippen LogP contribution in [-0.2, 0) is 6.42 Å². The number of methoxy groups -OCH3 is 1. The number of aryl methyl sites for hydroxylation is 1. The molecule has 0 saturated carbocycles. The number of nitrogens with zero attached hydrogens (tertiary/aromatic N) is 1. The monoisotopic (exact) mass is 274 g/mol. The van der Waals surface area contributed by atoms with Crippen LogP contribution in [0.5, 0.6) is 5.75 Å². The van der Waals surface area contributed by atoms with Crippen LogP contribution < -0.4 is 10.1 Å². The Morgan fingerprint density at radius 2 is 2.05 bits per heavy atom. The van der Waals surface area contributed by atoms with E-state index in [1.807, 2.05) is 0 Å². The molecule has 1 saturated heterocycles. The van der Waals surface area contributed by atoms with Gasteiger partial charge in [0.25, 0.3) is 0 Å². The maximum atomic E-state index is 5.40. The summed E-state index contributed by atoms with van der Waals surface area (Å²) in [5.41, 5.74) is 3.03. The molecule has 20 heavy (non-hydrogen) atoms. The summed E-state index contributed by atoms with van der Waals surface area (Å²) >= 11 is 0. The van der Waals surface area contributed by atoms with E-state index >= 15 is 0 Å². The lowest BCUT2D eigenvalue weighted by atomic mass is 9.94. The van der Waals surface area contributed by atoms with E-state index in [1.165, 1.54) is 56.4 Å². The molecule has 0 amide bonds. The summed E-state index contributed by atoms with van der Waals surface area (Å²) < 4.78 is 5.40. The molecule has 0 bridgehead atoms. The molecule has 1 aliphatic heterocycles. The molecule has 1 aliphatic carbocycles. The highest BCUT2D eigenvalue weighted by Crippen LogP contribution is 2.39. The largest absolute Gasteiger partial charge is 0.497 e. The fraction of sp³-hybridized carbons (Fsp3) is 0.647. The topological polar surface area (TPSA) is 24.5 Å². The van der Waals surface area contributed by atoms with Crippen molar-refractivity contribution in [2.24, 2.45) is 5.92 Å². The maximum Gasteiger partial charge on any atom is 0.119 e. The maximum absolute atomic E-state index is 5.40.